The first-order valence-corrected chi connectivity index (χ1v) is 8.69. The summed E-state index contributed by atoms with van der Waals surface area (Å²) < 4.78 is 10.6. The summed E-state index contributed by atoms with van der Waals surface area (Å²) >= 11 is 7.95. The van der Waals surface area contributed by atoms with Crippen LogP contribution in [0, 0.1) is 6.92 Å². The van der Waals surface area contributed by atoms with Crippen LogP contribution in [0.2, 0.25) is 5.02 Å². The number of halogens is 1. The Balaban J connectivity index is 2.09. The third kappa shape index (κ3) is 3.09. The molecule has 3 aromatic rings. The molecule has 0 saturated heterocycles. The van der Waals surface area contributed by atoms with Crippen LogP contribution in [0.1, 0.15) is 5.76 Å². The van der Waals surface area contributed by atoms with Crippen LogP contribution in [0.15, 0.2) is 51.9 Å². The summed E-state index contributed by atoms with van der Waals surface area (Å²) in [7, 11) is 1.60. The highest BCUT2D eigenvalue weighted by atomic mass is 35.5. The Morgan fingerprint density at radius 3 is 2.39 bits per heavy atom. The second-order valence-electron chi connectivity index (χ2n) is 5.04. The zero-order chi connectivity index (χ0) is 16.4. The molecule has 0 bridgehead atoms. The van der Waals surface area contributed by atoms with Gasteiger partial charge in [0.05, 0.1) is 17.7 Å². The van der Waals surface area contributed by atoms with E-state index < -0.39 is 0 Å². The molecule has 5 heteroatoms. The number of nitrogens with zero attached hydrogens (tertiary/aromatic N) is 1. The van der Waals surface area contributed by atoms with Gasteiger partial charge in [0, 0.05) is 10.5 Å². The van der Waals surface area contributed by atoms with Crippen LogP contribution in [-0.4, -0.2) is 18.5 Å². The fourth-order valence-electron chi connectivity index (χ4n) is 2.48. The van der Waals surface area contributed by atoms with Gasteiger partial charge >= 0.3 is 0 Å². The third-order valence-electron chi connectivity index (χ3n) is 3.67. The van der Waals surface area contributed by atoms with Gasteiger partial charge in [-0.3, -0.25) is 0 Å². The molecule has 0 aliphatic rings. The Kier molecular flexibility index (Phi) is 4.64. The molecule has 0 fully saturated rings. The summed E-state index contributed by atoms with van der Waals surface area (Å²) in [4.78, 5) is 1.22. The molecule has 0 atom stereocenters. The number of benzene rings is 2. The van der Waals surface area contributed by atoms with Gasteiger partial charge < -0.3 is 9.26 Å². The number of aryl methyl sites for hydroxylation is 1. The summed E-state index contributed by atoms with van der Waals surface area (Å²) in [5.41, 5.74) is 3.74. The first kappa shape index (κ1) is 16.0. The fourth-order valence-corrected chi connectivity index (χ4v) is 3.15. The largest absolute Gasteiger partial charge is 0.495 e. The van der Waals surface area contributed by atoms with Gasteiger partial charge in [-0.05, 0) is 49.1 Å². The topological polar surface area (TPSA) is 35.3 Å². The number of hydrogen-bond acceptors (Lipinski definition) is 4. The molecule has 23 heavy (non-hydrogen) atoms. The molecule has 0 amide bonds. The van der Waals surface area contributed by atoms with Crippen molar-refractivity contribution in [2.24, 2.45) is 0 Å². The average molecular weight is 346 g/mol. The van der Waals surface area contributed by atoms with E-state index >= 15 is 0 Å². The van der Waals surface area contributed by atoms with Crippen molar-refractivity contribution in [3.63, 3.8) is 0 Å². The fraction of sp³-hybridized carbons (Fsp3) is 0.167. The van der Waals surface area contributed by atoms with E-state index in [-0.39, 0.29) is 0 Å². The molecule has 0 aliphatic carbocycles. The highest BCUT2D eigenvalue weighted by Gasteiger charge is 2.17. The van der Waals surface area contributed by atoms with Crippen LogP contribution in [-0.2, 0) is 0 Å². The Labute approximate surface area is 144 Å². The van der Waals surface area contributed by atoms with E-state index in [1.165, 1.54) is 4.90 Å². The minimum Gasteiger partial charge on any atom is -0.495 e. The zero-order valence-corrected chi connectivity index (χ0v) is 14.7. The van der Waals surface area contributed by atoms with E-state index in [9.17, 15) is 0 Å². The highest BCUT2D eigenvalue weighted by Crippen LogP contribution is 2.37. The molecule has 0 radical (unpaired) electrons. The number of rotatable bonds is 4. The summed E-state index contributed by atoms with van der Waals surface area (Å²) in [5, 5.41) is 4.77. The number of ether oxygens (including phenoxy) is 1. The van der Waals surface area contributed by atoms with Crippen LogP contribution in [0.5, 0.6) is 5.75 Å². The lowest BCUT2D eigenvalue weighted by Crippen LogP contribution is -1.87. The van der Waals surface area contributed by atoms with Crippen molar-refractivity contribution in [3.05, 3.63) is 53.2 Å². The van der Waals surface area contributed by atoms with Crippen molar-refractivity contribution in [2.45, 2.75) is 11.8 Å². The molecule has 0 unspecified atom stereocenters. The van der Waals surface area contributed by atoms with Gasteiger partial charge in [0.1, 0.15) is 17.2 Å². The molecular formula is C18H16ClNO2S. The number of aromatic nitrogens is 1. The van der Waals surface area contributed by atoms with E-state index in [4.69, 9.17) is 20.9 Å². The second kappa shape index (κ2) is 6.69. The maximum Gasteiger partial charge on any atom is 0.142 e. The standard InChI is InChI=1S/C18H16ClNO2S/c1-11-17(12-4-7-14(23-3)8-5-12)18(20-22-11)13-6-9-16(21-2)15(19)10-13/h4-10H,1-3H3. The van der Waals surface area contributed by atoms with Crippen LogP contribution >= 0.6 is 23.4 Å². The van der Waals surface area contributed by atoms with Gasteiger partial charge in [-0.2, -0.15) is 0 Å². The molecular weight excluding hydrogens is 330 g/mol. The summed E-state index contributed by atoms with van der Waals surface area (Å²) in [6.07, 6.45) is 2.06. The van der Waals surface area contributed by atoms with Crippen molar-refractivity contribution in [1.82, 2.24) is 5.16 Å². The maximum atomic E-state index is 6.24. The maximum absolute atomic E-state index is 6.24. The number of methoxy groups -OCH3 is 1. The monoisotopic (exact) mass is 345 g/mol. The van der Waals surface area contributed by atoms with E-state index in [1.807, 2.05) is 25.1 Å². The van der Waals surface area contributed by atoms with Gasteiger partial charge in [-0.1, -0.05) is 28.9 Å². The number of thioether (sulfide) groups is 1. The molecule has 0 N–H and O–H groups in total. The molecule has 3 rings (SSSR count). The average Bonchev–Trinajstić information content (AvgIpc) is 2.96. The predicted molar refractivity (Wildman–Crippen MR) is 95.5 cm³/mol. The molecule has 1 heterocycles. The van der Waals surface area contributed by atoms with E-state index in [2.05, 4.69) is 35.7 Å². The summed E-state index contributed by atoms with van der Waals surface area (Å²) in [6.45, 7) is 1.92. The van der Waals surface area contributed by atoms with Crippen molar-refractivity contribution in [1.29, 1.82) is 0 Å². The molecule has 1 aromatic heterocycles. The van der Waals surface area contributed by atoms with Gasteiger partial charge in [-0.15, -0.1) is 11.8 Å². The normalized spacial score (nSPS) is 10.8. The van der Waals surface area contributed by atoms with Gasteiger partial charge in [0.25, 0.3) is 0 Å². The zero-order valence-electron chi connectivity index (χ0n) is 13.1. The molecule has 0 spiro atoms. The molecule has 0 aliphatic heterocycles. The Morgan fingerprint density at radius 2 is 1.78 bits per heavy atom. The van der Waals surface area contributed by atoms with Gasteiger partial charge in [0.15, 0.2) is 0 Å². The van der Waals surface area contributed by atoms with E-state index in [1.54, 1.807) is 18.9 Å². The van der Waals surface area contributed by atoms with E-state index in [0.717, 1.165) is 28.1 Å². The first-order valence-electron chi connectivity index (χ1n) is 7.08. The van der Waals surface area contributed by atoms with Crippen molar-refractivity contribution < 1.29 is 9.26 Å². The quantitative estimate of drug-likeness (QED) is 0.568. The Morgan fingerprint density at radius 1 is 1.09 bits per heavy atom. The SMILES string of the molecule is COc1ccc(-c2noc(C)c2-c2ccc(SC)cc2)cc1Cl. The third-order valence-corrected chi connectivity index (χ3v) is 4.71. The molecule has 2 aromatic carbocycles. The van der Waals surface area contributed by atoms with Crippen LogP contribution in [0.3, 0.4) is 0 Å². The van der Waals surface area contributed by atoms with Crippen LogP contribution < -0.4 is 4.74 Å². The number of hydrogen-bond donors (Lipinski definition) is 0. The van der Waals surface area contributed by atoms with Crippen LogP contribution in [0.25, 0.3) is 22.4 Å². The lowest BCUT2D eigenvalue weighted by molar-refractivity contribution is 0.400. The van der Waals surface area contributed by atoms with Crippen LogP contribution in [0.4, 0.5) is 0 Å². The molecule has 3 nitrogen and oxygen atoms in total. The molecule has 0 saturated carbocycles. The lowest BCUT2D eigenvalue weighted by atomic mass is 9.99. The Hall–Kier alpha value is -1.91. The first-order chi connectivity index (χ1) is 11.1. The van der Waals surface area contributed by atoms with Crippen molar-refractivity contribution in [2.75, 3.05) is 13.4 Å². The summed E-state index contributed by atoms with van der Waals surface area (Å²) in [5.74, 6) is 1.42. The van der Waals surface area contributed by atoms with Crippen molar-refractivity contribution >= 4 is 23.4 Å². The summed E-state index contributed by atoms with van der Waals surface area (Å²) in [6, 6.07) is 14.0. The lowest BCUT2D eigenvalue weighted by Gasteiger charge is -2.07. The second-order valence-corrected chi connectivity index (χ2v) is 6.33. The smallest absolute Gasteiger partial charge is 0.142 e. The van der Waals surface area contributed by atoms with E-state index in [0.29, 0.717) is 10.8 Å². The minimum absolute atomic E-state index is 0.550. The minimum atomic E-state index is 0.550. The highest BCUT2D eigenvalue weighted by molar-refractivity contribution is 7.98. The van der Waals surface area contributed by atoms with Gasteiger partial charge in [-0.25, -0.2) is 0 Å². The molecule has 118 valence electrons. The van der Waals surface area contributed by atoms with Gasteiger partial charge in [0.2, 0.25) is 0 Å². The Bertz CT molecular complexity index is 828. The van der Waals surface area contributed by atoms with Crippen molar-refractivity contribution in [3.8, 4) is 28.1 Å². The predicted octanol–water partition coefficient (Wildman–Crippen LogP) is 5.70.